The molecule has 0 amide bonds. The van der Waals surface area contributed by atoms with E-state index in [0.29, 0.717) is 6.08 Å². The lowest BCUT2D eigenvalue weighted by atomic mass is 10.2. The standard InChI is InChI=1S/C9H12O5/c1-3-6(10)4-7(11)8(12)5-9(13)14-2/h4-5,11-12H,3H2,1-2H3/b7-4-,8-5-. The molecule has 5 heteroatoms. The van der Waals surface area contributed by atoms with E-state index in [0.717, 1.165) is 13.2 Å². The van der Waals surface area contributed by atoms with Crippen LogP contribution in [0.25, 0.3) is 0 Å². The molecule has 14 heavy (non-hydrogen) atoms. The first-order chi connectivity index (χ1) is 6.51. The van der Waals surface area contributed by atoms with Crippen molar-refractivity contribution in [2.75, 3.05) is 7.11 Å². The molecule has 0 saturated carbocycles. The van der Waals surface area contributed by atoms with E-state index in [-0.39, 0.29) is 12.2 Å². The van der Waals surface area contributed by atoms with Crippen LogP contribution in [0.2, 0.25) is 0 Å². The minimum atomic E-state index is -0.814. The maximum atomic E-state index is 10.8. The topological polar surface area (TPSA) is 83.8 Å². The summed E-state index contributed by atoms with van der Waals surface area (Å²) in [5.74, 6) is -2.51. The van der Waals surface area contributed by atoms with Crippen LogP contribution < -0.4 is 0 Å². The monoisotopic (exact) mass is 200 g/mol. The van der Waals surface area contributed by atoms with Gasteiger partial charge in [0.1, 0.15) is 0 Å². The highest BCUT2D eigenvalue weighted by Gasteiger charge is 2.06. The molecule has 0 aromatic rings. The van der Waals surface area contributed by atoms with Crippen molar-refractivity contribution < 1.29 is 24.5 Å². The number of hydrogen-bond acceptors (Lipinski definition) is 5. The van der Waals surface area contributed by atoms with Gasteiger partial charge in [0.25, 0.3) is 0 Å². The maximum Gasteiger partial charge on any atom is 0.334 e. The van der Waals surface area contributed by atoms with Crippen LogP contribution in [0, 0.1) is 0 Å². The molecule has 0 bridgehead atoms. The van der Waals surface area contributed by atoms with Gasteiger partial charge in [-0.1, -0.05) is 6.92 Å². The average molecular weight is 200 g/mol. The van der Waals surface area contributed by atoms with E-state index in [2.05, 4.69) is 4.74 Å². The molecule has 78 valence electrons. The molecule has 0 saturated heterocycles. The van der Waals surface area contributed by atoms with Crippen LogP contribution in [0.1, 0.15) is 13.3 Å². The molecule has 0 spiro atoms. The van der Waals surface area contributed by atoms with Gasteiger partial charge in [-0.15, -0.1) is 0 Å². The quantitative estimate of drug-likeness (QED) is 0.306. The van der Waals surface area contributed by atoms with Crippen molar-refractivity contribution in [3.63, 3.8) is 0 Å². The zero-order valence-corrected chi connectivity index (χ0v) is 7.98. The number of methoxy groups -OCH3 is 1. The third-order valence-corrected chi connectivity index (χ3v) is 1.36. The van der Waals surface area contributed by atoms with Crippen LogP contribution in [-0.2, 0) is 14.3 Å². The molecule has 0 fully saturated rings. The first-order valence-corrected chi connectivity index (χ1v) is 3.93. The number of aliphatic hydroxyl groups is 2. The molecule has 5 nitrogen and oxygen atoms in total. The Labute approximate surface area is 81.3 Å². The SMILES string of the molecule is CCC(=O)/C=C(O)/C(O)=C/C(=O)OC. The lowest BCUT2D eigenvalue weighted by Crippen LogP contribution is -2.00. The predicted octanol–water partition coefficient (Wildman–Crippen LogP) is 1.02. The fourth-order valence-corrected chi connectivity index (χ4v) is 0.573. The summed E-state index contributed by atoms with van der Waals surface area (Å²) in [7, 11) is 1.13. The Bertz CT molecular complexity index is 258. The summed E-state index contributed by atoms with van der Waals surface area (Å²) < 4.78 is 4.20. The van der Waals surface area contributed by atoms with Crippen molar-refractivity contribution in [2.24, 2.45) is 0 Å². The van der Waals surface area contributed by atoms with Gasteiger partial charge in [-0.3, -0.25) is 4.79 Å². The normalized spacial score (nSPS) is 12.4. The summed E-state index contributed by atoms with van der Waals surface area (Å²) in [5, 5.41) is 18.1. The molecule has 0 aromatic carbocycles. The zero-order valence-electron chi connectivity index (χ0n) is 7.98. The van der Waals surface area contributed by atoms with Crippen molar-refractivity contribution >= 4 is 11.8 Å². The number of allylic oxidation sites excluding steroid dienone is 1. The number of esters is 1. The molecule has 2 N–H and O–H groups in total. The van der Waals surface area contributed by atoms with Crippen LogP contribution in [0.3, 0.4) is 0 Å². The molecule has 0 aliphatic rings. The summed E-state index contributed by atoms with van der Waals surface area (Å²) in [6, 6.07) is 0. The second-order valence-electron chi connectivity index (χ2n) is 2.40. The number of ether oxygens (including phenoxy) is 1. The molecule has 0 aliphatic heterocycles. The number of carbonyl (C=O) groups excluding carboxylic acids is 2. The molecule has 0 rings (SSSR count). The van der Waals surface area contributed by atoms with Crippen molar-refractivity contribution in [1.29, 1.82) is 0 Å². The number of ketones is 1. The van der Waals surface area contributed by atoms with E-state index in [1.807, 2.05) is 0 Å². The number of carbonyl (C=O) groups is 2. The highest BCUT2D eigenvalue weighted by molar-refractivity contribution is 5.90. The van der Waals surface area contributed by atoms with Gasteiger partial charge in [0.15, 0.2) is 17.3 Å². The molecule has 0 unspecified atom stereocenters. The Morgan fingerprint density at radius 1 is 1.21 bits per heavy atom. The van der Waals surface area contributed by atoms with Gasteiger partial charge in [0, 0.05) is 12.5 Å². The number of aliphatic hydroxyl groups excluding tert-OH is 2. The smallest absolute Gasteiger partial charge is 0.334 e. The van der Waals surface area contributed by atoms with Gasteiger partial charge in [0.05, 0.1) is 13.2 Å². The average Bonchev–Trinajstić information content (AvgIpc) is 2.17. The Hall–Kier alpha value is -1.78. The first-order valence-electron chi connectivity index (χ1n) is 3.93. The fraction of sp³-hybridized carbons (Fsp3) is 0.333. The lowest BCUT2D eigenvalue weighted by molar-refractivity contribution is -0.135. The van der Waals surface area contributed by atoms with Gasteiger partial charge in [-0.05, 0) is 0 Å². The summed E-state index contributed by atoms with van der Waals surface area (Å²) in [4.78, 5) is 21.4. The Morgan fingerprint density at radius 2 is 1.71 bits per heavy atom. The molecule has 0 heterocycles. The Balaban J connectivity index is 4.61. The molecular formula is C9H12O5. The van der Waals surface area contributed by atoms with Crippen LogP contribution in [-0.4, -0.2) is 29.1 Å². The first kappa shape index (κ1) is 12.2. The summed E-state index contributed by atoms with van der Waals surface area (Å²) in [6.45, 7) is 1.60. The molecule has 0 atom stereocenters. The van der Waals surface area contributed by atoms with E-state index in [1.54, 1.807) is 6.92 Å². The van der Waals surface area contributed by atoms with Crippen molar-refractivity contribution in [2.45, 2.75) is 13.3 Å². The van der Waals surface area contributed by atoms with Gasteiger partial charge < -0.3 is 14.9 Å². The summed E-state index contributed by atoms with van der Waals surface area (Å²) >= 11 is 0. The van der Waals surface area contributed by atoms with Crippen molar-refractivity contribution in [3.05, 3.63) is 23.7 Å². The second-order valence-corrected chi connectivity index (χ2v) is 2.40. The fourth-order valence-electron chi connectivity index (χ4n) is 0.573. The molecular weight excluding hydrogens is 188 g/mol. The highest BCUT2D eigenvalue weighted by Crippen LogP contribution is 2.03. The maximum absolute atomic E-state index is 10.8. The van der Waals surface area contributed by atoms with Crippen molar-refractivity contribution in [1.82, 2.24) is 0 Å². The predicted molar refractivity (Wildman–Crippen MR) is 48.7 cm³/mol. The van der Waals surface area contributed by atoms with E-state index in [1.165, 1.54) is 0 Å². The van der Waals surface area contributed by atoms with Gasteiger partial charge in [-0.2, -0.15) is 0 Å². The minimum Gasteiger partial charge on any atom is -0.504 e. The third-order valence-electron chi connectivity index (χ3n) is 1.36. The highest BCUT2D eigenvalue weighted by atomic mass is 16.5. The molecule has 0 aromatic heterocycles. The molecule has 0 aliphatic carbocycles. The summed E-state index contributed by atoms with van der Waals surface area (Å²) in [6.07, 6.45) is 1.72. The van der Waals surface area contributed by atoms with E-state index in [4.69, 9.17) is 10.2 Å². The van der Waals surface area contributed by atoms with E-state index < -0.39 is 17.5 Å². The van der Waals surface area contributed by atoms with Crippen LogP contribution in [0.5, 0.6) is 0 Å². The number of hydrogen-bond donors (Lipinski definition) is 2. The second kappa shape index (κ2) is 5.80. The lowest BCUT2D eigenvalue weighted by Gasteiger charge is -1.97. The third kappa shape index (κ3) is 4.30. The van der Waals surface area contributed by atoms with Crippen molar-refractivity contribution in [3.8, 4) is 0 Å². The zero-order chi connectivity index (χ0) is 11.1. The van der Waals surface area contributed by atoms with E-state index >= 15 is 0 Å². The van der Waals surface area contributed by atoms with E-state index in [9.17, 15) is 9.59 Å². The Kier molecular flexibility index (Phi) is 5.06. The van der Waals surface area contributed by atoms with Gasteiger partial charge in [0.2, 0.25) is 0 Å². The summed E-state index contributed by atoms with van der Waals surface area (Å²) in [5.41, 5.74) is 0. The minimum absolute atomic E-state index is 0.204. The Morgan fingerprint density at radius 3 is 2.14 bits per heavy atom. The van der Waals surface area contributed by atoms with Gasteiger partial charge >= 0.3 is 5.97 Å². The van der Waals surface area contributed by atoms with Crippen LogP contribution in [0.15, 0.2) is 23.7 Å². The van der Waals surface area contributed by atoms with Crippen LogP contribution in [0.4, 0.5) is 0 Å². The van der Waals surface area contributed by atoms with Gasteiger partial charge in [-0.25, -0.2) is 4.79 Å². The molecule has 0 radical (unpaired) electrons. The number of rotatable bonds is 4. The van der Waals surface area contributed by atoms with Crippen LogP contribution >= 0.6 is 0 Å². The largest absolute Gasteiger partial charge is 0.504 e.